The zero-order valence-corrected chi connectivity index (χ0v) is 17.5. The summed E-state index contributed by atoms with van der Waals surface area (Å²) in [6.45, 7) is 1.51. The van der Waals surface area contributed by atoms with Crippen molar-refractivity contribution in [3.8, 4) is 5.75 Å². The van der Waals surface area contributed by atoms with Gasteiger partial charge in [0.1, 0.15) is 24.0 Å². The van der Waals surface area contributed by atoms with Crippen molar-refractivity contribution in [2.45, 2.75) is 19.0 Å². The first-order valence-corrected chi connectivity index (χ1v) is 10.7. The van der Waals surface area contributed by atoms with Crippen molar-refractivity contribution in [2.75, 3.05) is 19.8 Å². The maximum absolute atomic E-state index is 14.9. The largest absolute Gasteiger partial charge is 0.491 e. The molecule has 3 aromatic carbocycles. The predicted molar refractivity (Wildman–Crippen MR) is 120 cm³/mol. The van der Waals surface area contributed by atoms with E-state index in [1.54, 1.807) is 0 Å². The fourth-order valence-corrected chi connectivity index (χ4v) is 4.63. The number of hydrogen-bond acceptors (Lipinski definition) is 3. The first-order chi connectivity index (χ1) is 15.6. The summed E-state index contributed by atoms with van der Waals surface area (Å²) in [5.41, 5.74) is 4.47. The van der Waals surface area contributed by atoms with E-state index < -0.39 is 17.7 Å². The number of hydrogen-bond donors (Lipinski definition) is 2. The van der Waals surface area contributed by atoms with Crippen LogP contribution in [0.5, 0.6) is 5.75 Å². The molecule has 0 aliphatic carbocycles. The monoisotopic (exact) mass is 434 g/mol. The summed E-state index contributed by atoms with van der Waals surface area (Å²) in [7, 11) is 0. The molecule has 0 spiro atoms. The van der Waals surface area contributed by atoms with Crippen molar-refractivity contribution in [3.63, 3.8) is 0 Å². The van der Waals surface area contributed by atoms with Crippen LogP contribution in [0.15, 0.2) is 66.7 Å². The molecule has 1 atom stereocenters. The second-order valence-corrected chi connectivity index (χ2v) is 8.07. The Kier molecular flexibility index (Phi) is 5.64. The molecule has 0 saturated heterocycles. The Balaban J connectivity index is 1.53. The van der Waals surface area contributed by atoms with E-state index in [9.17, 15) is 8.78 Å². The number of H-pyrrole nitrogens is 1. The fourth-order valence-electron chi connectivity index (χ4n) is 4.63. The van der Waals surface area contributed by atoms with Gasteiger partial charge in [0.25, 0.3) is 0 Å². The molecule has 0 radical (unpaired) electrons. The Bertz CT molecular complexity index is 1240. The molecule has 1 aliphatic rings. The molecule has 2 N–H and O–H groups in total. The molecular weight excluding hydrogens is 410 g/mol. The third-order valence-corrected chi connectivity index (χ3v) is 6.06. The first kappa shape index (κ1) is 20.7. The molecule has 1 unspecified atom stereocenters. The number of fused-ring (bicyclic) bond motifs is 3. The predicted octanol–water partition coefficient (Wildman–Crippen LogP) is 4.96. The number of aliphatic hydroxyl groups is 1. The average molecular weight is 434 g/mol. The van der Waals surface area contributed by atoms with Gasteiger partial charge < -0.3 is 14.8 Å². The van der Waals surface area contributed by atoms with Crippen molar-refractivity contribution < 1.29 is 18.6 Å². The second-order valence-electron chi connectivity index (χ2n) is 8.07. The molecular formula is C26H24F2N2O2. The molecule has 32 heavy (non-hydrogen) atoms. The maximum Gasteiger partial charge on any atom is 0.128 e. The standard InChI is InChI=1S/C26H24F2N2O2/c27-18-7-10-23(28)22(15-18)26-25-21(20-3-1-2-4-24(20)29-25)11-12-30(26)16-17-5-8-19(9-6-17)32-14-13-31/h1-10,15,26,29,31H,11-14,16H2. The number of aliphatic hydroxyl groups excluding tert-OH is 1. The number of rotatable bonds is 6. The van der Waals surface area contributed by atoms with Crippen LogP contribution in [0, 0.1) is 11.6 Å². The molecule has 1 aromatic heterocycles. The summed E-state index contributed by atoms with van der Waals surface area (Å²) < 4.78 is 34.5. The van der Waals surface area contributed by atoms with Gasteiger partial charge in [0.2, 0.25) is 0 Å². The highest BCUT2D eigenvalue weighted by Gasteiger charge is 2.33. The van der Waals surface area contributed by atoms with E-state index in [0.29, 0.717) is 17.9 Å². The van der Waals surface area contributed by atoms with E-state index in [2.05, 4.69) is 16.0 Å². The smallest absolute Gasteiger partial charge is 0.128 e. The zero-order chi connectivity index (χ0) is 22.1. The van der Waals surface area contributed by atoms with E-state index in [1.807, 2.05) is 42.5 Å². The summed E-state index contributed by atoms with van der Waals surface area (Å²) in [6.07, 6.45) is 0.824. The number of ether oxygens (including phenoxy) is 1. The Labute approximate surface area is 185 Å². The lowest BCUT2D eigenvalue weighted by Crippen LogP contribution is -2.36. The molecule has 0 fully saturated rings. The summed E-state index contributed by atoms with van der Waals surface area (Å²) >= 11 is 0. The number of aromatic nitrogens is 1. The van der Waals surface area contributed by atoms with Crippen LogP contribution in [0.1, 0.15) is 28.4 Å². The van der Waals surface area contributed by atoms with E-state index >= 15 is 0 Å². The third kappa shape index (κ3) is 3.87. The minimum atomic E-state index is -0.449. The van der Waals surface area contributed by atoms with E-state index in [0.717, 1.165) is 41.2 Å². The van der Waals surface area contributed by atoms with E-state index in [-0.39, 0.29) is 13.2 Å². The van der Waals surface area contributed by atoms with Crippen molar-refractivity contribution >= 4 is 10.9 Å². The fraction of sp³-hybridized carbons (Fsp3) is 0.231. The molecule has 2 heterocycles. The number of benzene rings is 3. The second kappa shape index (κ2) is 8.73. The molecule has 164 valence electrons. The van der Waals surface area contributed by atoms with Crippen LogP contribution in [-0.2, 0) is 13.0 Å². The maximum atomic E-state index is 14.9. The Morgan fingerprint density at radius 2 is 1.84 bits per heavy atom. The molecule has 1 aliphatic heterocycles. The number of nitrogens with one attached hydrogen (secondary N) is 1. The minimum absolute atomic E-state index is 0.0384. The van der Waals surface area contributed by atoms with E-state index in [1.165, 1.54) is 17.7 Å². The number of para-hydroxylation sites is 1. The van der Waals surface area contributed by atoms with Crippen molar-refractivity contribution in [2.24, 2.45) is 0 Å². The van der Waals surface area contributed by atoms with Crippen LogP contribution in [0.4, 0.5) is 8.78 Å². The van der Waals surface area contributed by atoms with Crippen LogP contribution < -0.4 is 4.74 Å². The van der Waals surface area contributed by atoms with Gasteiger partial charge in [0.05, 0.1) is 12.6 Å². The summed E-state index contributed by atoms with van der Waals surface area (Å²) in [5, 5.41) is 10.1. The van der Waals surface area contributed by atoms with Gasteiger partial charge in [-0.25, -0.2) is 8.78 Å². The number of nitrogens with zero attached hydrogens (tertiary/aromatic N) is 1. The van der Waals surface area contributed by atoms with Gasteiger partial charge >= 0.3 is 0 Å². The van der Waals surface area contributed by atoms with Gasteiger partial charge in [-0.2, -0.15) is 0 Å². The lowest BCUT2D eigenvalue weighted by molar-refractivity contribution is 0.196. The first-order valence-electron chi connectivity index (χ1n) is 10.7. The number of halogens is 2. The van der Waals surface area contributed by atoms with E-state index in [4.69, 9.17) is 9.84 Å². The molecule has 4 aromatic rings. The Morgan fingerprint density at radius 3 is 2.66 bits per heavy atom. The molecule has 5 rings (SSSR count). The van der Waals surface area contributed by atoms with Crippen molar-refractivity contribution in [1.29, 1.82) is 0 Å². The van der Waals surface area contributed by atoms with Crippen LogP contribution in [0.2, 0.25) is 0 Å². The summed E-state index contributed by atoms with van der Waals surface area (Å²) in [5.74, 6) is -0.178. The van der Waals surface area contributed by atoms with Gasteiger partial charge in [-0.3, -0.25) is 4.90 Å². The topological polar surface area (TPSA) is 48.5 Å². The van der Waals surface area contributed by atoms with Crippen LogP contribution >= 0.6 is 0 Å². The Hall–Kier alpha value is -3.22. The number of aromatic amines is 1. The van der Waals surface area contributed by atoms with Gasteiger partial charge in [0, 0.05) is 35.2 Å². The van der Waals surface area contributed by atoms with Crippen LogP contribution in [-0.4, -0.2) is 34.7 Å². The van der Waals surface area contributed by atoms with Crippen molar-refractivity contribution in [1.82, 2.24) is 9.88 Å². The molecule has 6 heteroatoms. The lowest BCUT2D eigenvalue weighted by Gasteiger charge is -2.36. The SMILES string of the molecule is OCCOc1ccc(CN2CCc3c([nH]c4ccccc34)C2c2cc(F)ccc2F)cc1. The van der Waals surface area contributed by atoms with Crippen LogP contribution in [0.25, 0.3) is 10.9 Å². The zero-order valence-electron chi connectivity index (χ0n) is 17.5. The van der Waals surface area contributed by atoms with Gasteiger partial charge in [-0.05, 0) is 53.9 Å². The minimum Gasteiger partial charge on any atom is -0.491 e. The van der Waals surface area contributed by atoms with Gasteiger partial charge in [-0.1, -0.05) is 30.3 Å². The molecule has 4 nitrogen and oxygen atoms in total. The highest BCUT2D eigenvalue weighted by molar-refractivity contribution is 5.85. The highest BCUT2D eigenvalue weighted by Crippen LogP contribution is 2.40. The molecule has 0 saturated carbocycles. The Morgan fingerprint density at radius 1 is 1.03 bits per heavy atom. The van der Waals surface area contributed by atoms with Crippen LogP contribution in [0.3, 0.4) is 0 Å². The van der Waals surface area contributed by atoms with Gasteiger partial charge in [-0.15, -0.1) is 0 Å². The quantitative estimate of drug-likeness (QED) is 0.451. The summed E-state index contributed by atoms with van der Waals surface area (Å²) in [6, 6.07) is 19.0. The highest BCUT2D eigenvalue weighted by atomic mass is 19.1. The van der Waals surface area contributed by atoms with Crippen molar-refractivity contribution in [3.05, 3.63) is 101 Å². The van der Waals surface area contributed by atoms with Gasteiger partial charge in [0.15, 0.2) is 0 Å². The lowest BCUT2D eigenvalue weighted by atomic mass is 9.91. The normalized spacial score (nSPS) is 16.3. The molecule has 0 bridgehead atoms. The molecule has 0 amide bonds. The third-order valence-electron chi connectivity index (χ3n) is 6.06. The summed E-state index contributed by atoms with van der Waals surface area (Å²) in [4.78, 5) is 5.66. The average Bonchev–Trinajstić information content (AvgIpc) is 3.19.